The maximum absolute atomic E-state index is 13.9. The van der Waals surface area contributed by atoms with Crippen LogP contribution in [0.25, 0.3) is 26.9 Å². The molecule has 0 spiro atoms. The molecule has 1 aliphatic heterocycles. The minimum Gasteiger partial charge on any atom is -0.509 e. The number of nitrogens with one attached hydrogen (secondary N) is 1. The quantitative estimate of drug-likeness (QED) is 0.675. The van der Waals surface area contributed by atoms with Crippen LogP contribution in [0.1, 0.15) is 6.42 Å². The van der Waals surface area contributed by atoms with Crippen molar-refractivity contribution in [2.45, 2.75) is 18.6 Å². The number of hydrogen-bond acceptors (Lipinski definition) is 5. The molecule has 2 atom stereocenters. The summed E-state index contributed by atoms with van der Waals surface area (Å²) >= 11 is 0. The Morgan fingerprint density at radius 1 is 1.18 bits per heavy atom. The lowest BCUT2D eigenvalue weighted by atomic mass is 10.0. The van der Waals surface area contributed by atoms with Crippen LogP contribution in [0, 0.1) is 6.57 Å². The van der Waals surface area contributed by atoms with Crippen LogP contribution < -0.4 is 5.32 Å². The van der Waals surface area contributed by atoms with Gasteiger partial charge in [0.05, 0.1) is 6.57 Å². The molecule has 3 aromatic rings. The van der Waals surface area contributed by atoms with E-state index in [0.29, 0.717) is 35.7 Å². The maximum Gasteiger partial charge on any atom is 0.190 e. The van der Waals surface area contributed by atoms with Gasteiger partial charge in [0.2, 0.25) is 0 Å². The first-order valence-corrected chi connectivity index (χ1v) is 9.10. The summed E-state index contributed by atoms with van der Waals surface area (Å²) in [5.41, 5.74) is 1.42. The Hall–Kier alpha value is -3.24. The zero-order valence-corrected chi connectivity index (χ0v) is 15.4. The van der Waals surface area contributed by atoms with E-state index in [4.69, 9.17) is 6.57 Å². The number of halogens is 1. The average Bonchev–Trinajstić information content (AvgIpc) is 2.68. The first-order valence-electron chi connectivity index (χ1n) is 9.10. The molecule has 142 valence electrons. The maximum atomic E-state index is 13.9. The standard InChI is InChI=1S/C21H20FN5O/c1-23-14-7-8-18(19(28)10-14)20-16-5-3-4-6-17(16)21(26-25-20)24-15-9-13(22)11-27(2)12-15/h3-8,10,13,15,28H,9,11-12H2,2H3,(H,24,26)/t13-,15+/m0/s1. The summed E-state index contributed by atoms with van der Waals surface area (Å²) in [5, 5.41) is 24.0. The van der Waals surface area contributed by atoms with Crippen LogP contribution >= 0.6 is 0 Å². The molecule has 1 aromatic heterocycles. The molecule has 1 aliphatic rings. The number of fused-ring (bicyclic) bond motifs is 1. The average molecular weight is 377 g/mol. The lowest BCUT2D eigenvalue weighted by Gasteiger charge is -2.32. The summed E-state index contributed by atoms with van der Waals surface area (Å²) in [6.07, 6.45) is -0.436. The third-order valence-electron chi connectivity index (χ3n) is 4.98. The summed E-state index contributed by atoms with van der Waals surface area (Å²) in [6.45, 7) is 8.25. The number of rotatable bonds is 3. The van der Waals surface area contributed by atoms with Gasteiger partial charge in [-0.05, 0) is 13.1 Å². The van der Waals surface area contributed by atoms with Gasteiger partial charge in [-0.2, -0.15) is 0 Å². The molecule has 2 aromatic carbocycles. The van der Waals surface area contributed by atoms with Crippen LogP contribution in [0.15, 0.2) is 42.5 Å². The van der Waals surface area contributed by atoms with E-state index in [1.165, 1.54) is 6.07 Å². The van der Waals surface area contributed by atoms with Crippen molar-refractivity contribution in [1.29, 1.82) is 0 Å². The number of aromatic nitrogens is 2. The van der Waals surface area contributed by atoms with Gasteiger partial charge in [-0.1, -0.05) is 36.4 Å². The Morgan fingerprint density at radius 2 is 1.96 bits per heavy atom. The van der Waals surface area contributed by atoms with Gasteiger partial charge >= 0.3 is 0 Å². The molecule has 0 unspecified atom stereocenters. The first-order chi connectivity index (χ1) is 13.5. The van der Waals surface area contributed by atoms with Crippen molar-refractivity contribution in [3.63, 3.8) is 0 Å². The Balaban J connectivity index is 1.74. The Kier molecular flexibility index (Phi) is 4.80. The zero-order valence-electron chi connectivity index (χ0n) is 15.4. The molecular formula is C21H20FN5O. The van der Waals surface area contributed by atoms with Crippen LogP contribution in [0.3, 0.4) is 0 Å². The van der Waals surface area contributed by atoms with Crippen LogP contribution in [0.4, 0.5) is 15.9 Å². The molecule has 4 rings (SSSR count). The van der Waals surface area contributed by atoms with Crippen LogP contribution in [0.5, 0.6) is 5.75 Å². The van der Waals surface area contributed by atoms with E-state index in [1.54, 1.807) is 12.1 Å². The minimum atomic E-state index is -0.868. The molecule has 2 heterocycles. The number of likely N-dealkylation sites (N-methyl/N-ethyl adjacent to an activating group) is 1. The Labute approximate surface area is 162 Å². The fraction of sp³-hybridized carbons (Fsp3) is 0.286. The zero-order chi connectivity index (χ0) is 19.7. The number of anilines is 1. The van der Waals surface area contributed by atoms with Gasteiger partial charge in [-0.25, -0.2) is 9.24 Å². The lowest BCUT2D eigenvalue weighted by Crippen LogP contribution is -2.45. The van der Waals surface area contributed by atoms with Gasteiger partial charge in [-0.3, -0.25) is 0 Å². The van der Waals surface area contributed by atoms with Crippen molar-refractivity contribution in [2.24, 2.45) is 0 Å². The molecule has 6 nitrogen and oxygen atoms in total. The number of phenolic OH excluding ortho intramolecular Hbond substituents is 1. The largest absolute Gasteiger partial charge is 0.509 e. The number of hydrogen-bond donors (Lipinski definition) is 2. The molecule has 0 aliphatic carbocycles. The number of likely N-dealkylation sites (tertiary alicyclic amines) is 1. The number of benzene rings is 2. The highest BCUT2D eigenvalue weighted by atomic mass is 19.1. The van der Waals surface area contributed by atoms with Crippen molar-refractivity contribution in [1.82, 2.24) is 15.1 Å². The number of piperidine rings is 1. The molecule has 0 bridgehead atoms. The van der Waals surface area contributed by atoms with Gasteiger partial charge in [0, 0.05) is 41.9 Å². The van der Waals surface area contributed by atoms with E-state index in [-0.39, 0.29) is 11.8 Å². The summed E-state index contributed by atoms with van der Waals surface area (Å²) < 4.78 is 13.9. The van der Waals surface area contributed by atoms with Gasteiger partial charge in [0.1, 0.15) is 17.6 Å². The van der Waals surface area contributed by atoms with Crippen LogP contribution in [0.2, 0.25) is 0 Å². The topological polar surface area (TPSA) is 65.6 Å². The predicted molar refractivity (Wildman–Crippen MR) is 107 cm³/mol. The van der Waals surface area contributed by atoms with Crippen LogP contribution in [-0.2, 0) is 0 Å². The molecule has 2 N–H and O–H groups in total. The van der Waals surface area contributed by atoms with E-state index in [2.05, 4.69) is 20.4 Å². The molecule has 7 heteroatoms. The fourth-order valence-corrected chi connectivity index (χ4v) is 3.74. The third kappa shape index (κ3) is 3.47. The Morgan fingerprint density at radius 3 is 2.68 bits per heavy atom. The van der Waals surface area contributed by atoms with Crippen molar-refractivity contribution < 1.29 is 9.50 Å². The van der Waals surface area contributed by atoms with Crippen LogP contribution in [-0.4, -0.2) is 52.6 Å². The monoisotopic (exact) mass is 377 g/mol. The molecule has 0 saturated carbocycles. The Bertz CT molecular complexity index is 1050. The summed E-state index contributed by atoms with van der Waals surface area (Å²) in [4.78, 5) is 5.29. The third-order valence-corrected chi connectivity index (χ3v) is 4.98. The molecule has 0 radical (unpaired) electrons. The van der Waals surface area contributed by atoms with Gasteiger partial charge < -0.3 is 15.3 Å². The summed E-state index contributed by atoms with van der Waals surface area (Å²) in [6, 6.07) is 12.3. The van der Waals surface area contributed by atoms with Gasteiger partial charge in [0.25, 0.3) is 0 Å². The molecule has 1 fully saturated rings. The minimum absolute atomic E-state index is 0.0113. The highest BCUT2D eigenvalue weighted by molar-refractivity contribution is 6.01. The van der Waals surface area contributed by atoms with E-state index in [0.717, 1.165) is 17.3 Å². The van der Waals surface area contributed by atoms with Gasteiger partial charge in [-0.15, -0.1) is 10.2 Å². The van der Waals surface area contributed by atoms with Crippen molar-refractivity contribution in [3.8, 4) is 17.0 Å². The van der Waals surface area contributed by atoms with E-state index in [1.807, 2.05) is 36.2 Å². The second-order valence-corrected chi connectivity index (χ2v) is 7.15. The second-order valence-electron chi connectivity index (χ2n) is 7.15. The molecule has 28 heavy (non-hydrogen) atoms. The van der Waals surface area contributed by atoms with Gasteiger partial charge in [0.15, 0.2) is 11.5 Å². The van der Waals surface area contributed by atoms with Crippen molar-refractivity contribution >= 4 is 22.3 Å². The fourth-order valence-electron chi connectivity index (χ4n) is 3.74. The lowest BCUT2D eigenvalue weighted by molar-refractivity contribution is 0.153. The highest BCUT2D eigenvalue weighted by Crippen LogP contribution is 2.36. The number of aromatic hydroxyl groups is 1. The van der Waals surface area contributed by atoms with E-state index < -0.39 is 6.17 Å². The van der Waals surface area contributed by atoms with Crippen molar-refractivity contribution in [3.05, 3.63) is 53.9 Å². The van der Waals surface area contributed by atoms with E-state index in [9.17, 15) is 9.50 Å². The highest BCUT2D eigenvalue weighted by Gasteiger charge is 2.26. The predicted octanol–water partition coefficient (Wildman–Crippen LogP) is 4.01. The normalized spacial score (nSPS) is 20.0. The molecular weight excluding hydrogens is 357 g/mol. The second kappa shape index (κ2) is 7.41. The van der Waals surface area contributed by atoms with E-state index >= 15 is 0 Å². The number of alkyl halides is 1. The summed E-state index contributed by atoms with van der Waals surface area (Å²) in [5.74, 6) is 0.590. The first kappa shape index (κ1) is 18.1. The smallest absolute Gasteiger partial charge is 0.190 e. The molecule has 0 amide bonds. The summed E-state index contributed by atoms with van der Waals surface area (Å²) in [7, 11) is 1.91. The number of phenols is 1. The SMILES string of the molecule is [C-]#[N+]c1ccc(-c2nnc(N[C@@H]3C[C@H](F)CN(C)C3)c3ccccc23)c(O)c1. The molecule has 1 saturated heterocycles. The van der Waals surface area contributed by atoms with Crippen molar-refractivity contribution in [2.75, 3.05) is 25.5 Å². The number of nitrogens with zero attached hydrogens (tertiary/aromatic N) is 4.